The molecular formula is C22H19F3N4O. The van der Waals surface area contributed by atoms with E-state index in [1.54, 1.807) is 17.7 Å². The highest BCUT2D eigenvalue weighted by atomic mass is 19.3. The normalized spacial score (nSPS) is 15.8. The van der Waals surface area contributed by atoms with Crippen molar-refractivity contribution >= 4 is 16.7 Å². The Morgan fingerprint density at radius 2 is 1.97 bits per heavy atom. The van der Waals surface area contributed by atoms with Crippen molar-refractivity contribution in [1.82, 2.24) is 14.5 Å². The Morgan fingerprint density at radius 1 is 1.27 bits per heavy atom. The van der Waals surface area contributed by atoms with Gasteiger partial charge in [0, 0.05) is 23.4 Å². The standard InChI is InChI=1S/C22H19F3N4O/c1-4-16(13-6-5-7-14(19(13)23)20(24)25)28-21-15-11-29(22(3)8-9-22)18(30)10-17(15)26-12(2)27-21/h1,5-7,10-11,16,20H,8-9H2,2-3H3,(H,26,27,28)/t16-/m1/s1. The van der Waals surface area contributed by atoms with Crippen LogP contribution in [0.15, 0.2) is 35.3 Å². The molecule has 0 amide bonds. The van der Waals surface area contributed by atoms with Gasteiger partial charge in [0.1, 0.15) is 23.5 Å². The first-order chi connectivity index (χ1) is 14.2. The second-order valence-electron chi connectivity index (χ2n) is 7.69. The number of rotatable bonds is 5. The molecule has 30 heavy (non-hydrogen) atoms. The molecule has 0 saturated heterocycles. The van der Waals surface area contributed by atoms with E-state index in [4.69, 9.17) is 6.42 Å². The Kier molecular flexibility index (Phi) is 4.77. The van der Waals surface area contributed by atoms with Gasteiger partial charge < -0.3 is 9.88 Å². The second-order valence-corrected chi connectivity index (χ2v) is 7.69. The van der Waals surface area contributed by atoms with E-state index in [1.807, 2.05) is 6.92 Å². The van der Waals surface area contributed by atoms with E-state index in [0.717, 1.165) is 18.9 Å². The smallest absolute Gasteiger partial charge is 0.266 e. The number of fused-ring (bicyclic) bond motifs is 1. The molecule has 1 saturated carbocycles. The van der Waals surface area contributed by atoms with Crippen LogP contribution in [0.1, 0.15) is 49.2 Å². The molecule has 5 nitrogen and oxygen atoms in total. The maximum Gasteiger partial charge on any atom is 0.266 e. The molecule has 1 fully saturated rings. The number of halogens is 3. The summed E-state index contributed by atoms with van der Waals surface area (Å²) in [5.41, 5.74) is -0.795. The average Bonchev–Trinajstić information content (AvgIpc) is 3.43. The molecule has 0 radical (unpaired) electrons. The van der Waals surface area contributed by atoms with E-state index in [2.05, 4.69) is 21.2 Å². The number of hydrogen-bond donors (Lipinski definition) is 1. The van der Waals surface area contributed by atoms with Crippen LogP contribution in [0.5, 0.6) is 0 Å². The minimum atomic E-state index is -2.96. The van der Waals surface area contributed by atoms with Crippen LogP contribution in [0.2, 0.25) is 0 Å². The fourth-order valence-corrected chi connectivity index (χ4v) is 3.48. The van der Waals surface area contributed by atoms with Crippen LogP contribution < -0.4 is 10.9 Å². The van der Waals surface area contributed by atoms with E-state index in [1.165, 1.54) is 18.2 Å². The lowest BCUT2D eigenvalue weighted by Gasteiger charge is -2.19. The third-order valence-electron chi connectivity index (χ3n) is 5.45. The largest absolute Gasteiger partial charge is 0.352 e. The summed E-state index contributed by atoms with van der Waals surface area (Å²) in [6.07, 6.45) is 6.07. The number of aromatic nitrogens is 3. The Bertz CT molecular complexity index is 1240. The van der Waals surface area contributed by atoms with E-state index < -0.39 is 23.8 Å². The van der Waals surface area contributed by atoms with Crippen molar-refractivity contribution in [3.8, 4) is 12.3 Å². The van der Waals surface area contributed by atoms with Gasteiger partial charge in [0.05, 0.1) is 16.5 Å². The summed E-state index contributed by atoms with van der Waals surface area (Å²) in [6, 6.07) is 4.10. The summed E-state index contributed by atoms with van der Waals surface area (Å²) in [6.45, 7) is 3.64. The summed E-state index contributed by atoms with van der Waals surface area (Å²) >= 11 is 0. The molecule has 1 aliphatic rings. The highest BCUT2D eigenvalue weighted by Crippen LogP contribution is 2.42. The molecular weight excluding hydrogens is 393 g/mol. The first-order valence-corrected chi connectivity index (χ1v) is 9.44. The highest BCUT2D eigenvalue weighted by molar-refractivity contribution is 5.88. The lowest BCUT2D eigenvalue weighted by atomic mass is 10.0. The predicted molar refractivity (Wildman–Crippen MR) is 108 cm³/mol. The second kappa shape index (κ2) is 7.17. The Hall–Kier alpha value is -3.34. The molecule has 1 N–H and O–H groups in total. The predicted octanol–water partition coefficient (Wildman–Crippen LogP) is 4.47. The third-order valence-corrected chi connectivity index (χ3v) is 5.45. The number of terminal acetylenes is 1. The van der Waals surface area contributed by atoms with Crippen molar-refractivity contribution in [2.45, 2.75) is 44.7 Å². The van der Waals surface area contributed by atoms with Crippen LogP contribution in [0, 0.1) is 25.1 Å². The van der Waals surface area contributed by atoms with E-state index in [-0.39, 0.29) is 16.7 Å². The van der Waals surface area contributed by atoms with Crippen LogP contribution in [-0.2, 0) is 5.54 Å². The van der Waals surface area contributed by atoms with Crippen LogP contribution in [0.3, 0.4) is 0 Å². The highest BCUT2D eigenvalue weighted by Gasteiger charge is 2.40. The Morgan fingerprint density at radius 3 is 2.60 bits per heavy atom. The van der Waals surface area contributed by atoms with Gasteiger partial charge in [-0.1, -0.05) is 24.1 Å². The molecule has 2 aromatic heterocycles. The van der Waals surface area contributed by atoms with E-state index >= 15 is 0 Å². The molecule has 154 valence electrons. The van der Waals surface area contributed by atoms with Crippen molar-refractivity contribution in [1.29, 1.82) is 0 Å². The topological polar surface area (TPSA) is 59.8 Å². The molecule has 2 heterocycles. The van der Waals surface area contributed by atoms with Crippen LogP contribution >= 0.6 is 0 Å². The fourth-order valence-electron chi connectivity index (χ4n) is 3.48. The summed E-state index contributed by atoms with van der Waals surface area (Å²) in [4.78, 5) is 21.2. The molecule has 0 unspecified atom stereocenters. The summed E-state index contributed by atoms with van der Waals surface area (Å²) in [7, 11) is 0. The zero-order valence-electron chi connectivity index (χ0n) is 16.4. The minimum absolute atomic E-state index is 0.0813. The number of hydrogen-bond acceptors (Lipinski definition) is 4. The summed E-state index contributed by atoms with van der Waals surface area (Å²) in [5.74, 6) is 2.04. The average molecular weight is 412 g/mol. The number of alkyl halides is 2. The minimum Gasteiger partial charge on any atom is -0.352 e. The lowest BCUT2D eigenvalue weighted by Crippen LogP contribution is -2.27. The van der Waals surface area contributed by atoms with Crippen molar-refractivity contribution in [3.63, 3.8) is 0 Å². The monoisotopic (exact) mass is 412 g/mol. The summed E-state index contributed by atoms with van der Waals surface area (Å²) in [5, 5.41) is 3.51. The van der Waals surface area contributed by atoms with Gasteiger partial charge >= 0.3 is 0 Å². The fraction of sp³-hybridized carbons (Fsp3) is 0.318. The van der Waals surface area contributed by atoms with E-state index in [0.29, 0.717) is 22.5 Å². The number of pyridine rings is 1. The molecule has 4 rings (SSSR count). The first kappa shape index (κ1) is 20.0. The van der Waals surface area contributed by atoms with Gasteiger partial charge in [0.2, 0.25) is 0 Å². The number of benzene rings is 1. The number of anilines is 1. The third kappa shape index (κ3) is 3.41. The summed E-state index contributed by atoms with van der Waals surface area (Å²) < 4.78 is 42.5. The lowest BCUT2D eigenvalue weighted by molar-refractivity contribution is 0.146. The Labute approximate surface area is 171 Å². The van der Waals surface area contributed by atoms with Gasteiger partial charge in [-0.15, -0.1) is 6.42 Å². The molecule has 0 bridgehead atoms. The maximum absolute atomic E-state index is 14.6. The maximum atomic E-state index is 14.6. The number of nitrogens with zero attached hydrogens (tertiary/aromatic N) is 3. The van der Waals surface area contributed by atoms with Crippen LogP contribution in [0.4, 0.5) is 19.0 Å². The molecule has 0 aliphatic heterocycles. The van der Waals surface area contributed by atoms with Gasteiger partial charge in [-0.25, -0.2) is 23.1 Å². The quantitative estimate of drug-likeness (QED) is 0.628. The molecule has 0 spiro atoms. The van der Waals surface area contributed by atoms with Crippen molar-refractivity contribution < 1.29 is 13.2 Å². The first-order valence-electron chi connectivity index (χ1n) is 9.44. The molecule has 1 atom stereocenters. The van der Waals surface area contributed by atoms with Gasteiger partial charge in [-0.3, -0.25) is 4.79 Å². The zero-order valence-corrected chi connectivity index (χ0v) is 16.4. The van der Waals surface area contributed by atoms with Gasteiger partial charge in [-0.2, -0.15) is 0 Å². The number of nitrogens with one attached hydrogen (secondary N) is 1. The Balaban J connectivity index is 1.82. The molecule has 8 heteroatoms. The van der Waals surface area contributed by atoms with Crippen LogP contribution in [0.25, 0.3) is 10.9 Å². The molecule has 1 aromatic carbocycles. The molecule has 3 aromatic rings. The van der Waals surface area contributed by atoms with E-state index in [9.17, 15) is 18.0 Å². The molecule has 1 aliphatic carbocycles. The number of aryl methyl sites for hydroxylation is 1. The van der Waals surface area contributed by atoms with Gasteiger partial charge in [0.15, 0.2) is 0 Å². The zero-order chi connectivity index (χ0) is 21.6. The van der Waals surface area contributed by atoms with Crippen molar-refractivity contribution in [3.05, 3.63) is 63.6 Å². The van der Waals surface area contributed by atoms with Crippen molar-refractivity contribution in [2.75, 3.05) is 5.32 Å². The van der Waals surface area contributed by atoms with Crippen molar-refractivity contribution in [2.24, 2.45) is 0 Å². The van der Waals surface area contributed by atoms with Gasteiger partial charge in [0.25, 0.3) is 12.0 Å². The van der Waals surface area contributed by atoms with Crippen LogP contribution in [-0.4, -0.2) is 14.5 Å². The SMILES string of the molecule is C#C[C@@H](Nc1nc(C)nc2cc(=O)n(C3(C)CC3)cc12)c1cccc(C(F)F)c1F. The van der Waals surface area contributed by atoms with Gasteiger partial charge in [-0.05, 0) is 26.7 Å².